The highest BCUT2D eigenvalue weighted by Crippen LogP contribution is 2.33. The number of amides is 1. The Morgan fingerprint density at radius 2 is 2.09 bits per heavy atom. The highest BCUT2D eigenvalue weighted by atomic mass is 16.5. The fourth-order valence-corrected chi connectivity index (χ4v) is 3.94. The Labute approximate surface area is 192 Å². The van der Waals surface area contributed by atoms with Crippen molar-refractivity contribution in [2.24, 2.45) is 5.92 Å². The van der Waals surface area contributed by atoms with Crippen molar-refractivity contribution in [3.63, 3.8) is 0 Å². The van der Waals surface area contributed by atoms with Crippen LogP contribution in [-0.2, 0) is 11.2 Å². The van der Waals surface area contributed by atoms with E-state index >= 15 is 0 Å². The lowest BCUT2D eigenvalue weighted by Crippen LogP contribution is -2.14. The Morgan fingerprint density at radius 3 is 2.85 bits per heavy atom. The van der Waals surface area contributed by atoms with Gasteiger partial charge in [0.25, 0.3) is 0 Å². The summed E-state index contributed by atoms with van der Waals surface area (Å²) in [6.07, 6.45) is 7.27. The van der Waals surface area contributed by atoms with Gasteiger partial charge in [-0.15, -0.1) is 5.10 Å². The Kier molecular flexibility index (Phi) is 5.77. The van der Waals surface area contributed by atoms with Crippen LogP contribution in [0.1, 0.15) is 50.5 Å². The summed E-state index contributed by atoms with van der Waals surface area (Å²) in [5.41, 5.74) is 4.74. The average molecular weight is 442 g/mol. The monoisotopic (exact) mass is 441 g/mol. The molecule has 1 aromatic carbocycles. The minimum atomic E-state index is -0.148. The molecule has 1 fully saturated rings. The van der Waals surface area contributed by atoms with E-state index in [1.165, 1.54) is 0 Å². The molecule has 7 heteroatoms. The zero-order chi connectivity index (χ0) is 22.8. The molecule has 5 rings (SSSR count). The number of pyridine rings is 2. The number of benzene rings is 1. The lowest BCUT2D eigenvalue weighted by molar-refractivity contribution is -0.117. The summed E-state index contributed by atoms with van der Waals surface area (Å²) in [6.45, 7) is 4.17. The van der Waals surface area contributed by atoms with Crippen molar-refractivity contribution in [3.8, 4) is 16.9 Å². The Balaban J connectivity index is 1.45. The van der Waals surface area contributed by atoms with Crippen LogP contribution in [0, 0.1) is 5.92 Å². The minimum Gasteiger partial charge on any atom is -0.484 e. The molecule has 33 heavy (non-hydrogen) atoms. The molecule has 1 unspecified atom stereocenters. The number of anilines is 1. The van der Waals surface area contributed by atoms with Gasteiger partial charge in [-0.2, -0.15) is 4.98 Å². The van der Waals surface area contributed by atoms with Crippen LogP contribution in [0.5, 0.6) is 5.75 Å². The lowest BCUT2D eigenvalue weighted by atomic mass is 10.0. The third-order valence-electron chi connectivity index (χ3n) is 5.84. The first-order chi connectivity index (χ1) is 16.1. The predicted octanol–water partition coefficient (Wildman–Crippen LogP) is 5.23. The van der Waals surface area contributed by atoms with E-state index in [1.807, 2.05) is 55.6 Å². The van der Waals surface area contributed by atoms with Crippen LogP contribution in [0.25, 0.3) is 16.8 Å². The number of aryl methyl sites for hydroxylation is 1. The van der Waals surface area contributed by atoms with Crippen molar-refractivity contribution in [1.82, 2.24) is 19.6 Å². The first kappa shape index (κ1) is 21.1. The second-order valence-corrected chi connectivity index (χ2v) is 8.48. The lowest BCUT2D eigenvalue weighted by Gasteiger charge is -2.18. The zero-order valence-electron chi connectivity index (χ0n) is 18.9. The van der Waals surface area contributed by atoms with E-state index in [4.69, 9.17) is 4.74 Å². The van der Waals surface area contributed by atoms with E-state index in [0.29, 0.717) is 11.6 Å². The van der Waals surface area contributed by atoms with Crippen LogP contribution in [0.4, 0.5) is 5.95 Å². The molecule has 168 valence electrons. The van der Waals surface area contributed by atoms with Crippen LogP contribution in [-0.4, -0.2) is 25.5 Å². The molecular formula is C26H27N5O2. The number of hydrogen-bond donors (Lipinski definition) is 1. The van der Waals surface area contributed by atoms with Gasteiger partial charge in [-0.25, -0.2) is 4.52 Å². The van der Waals surface area contributed by atoms with Crippen LogP contribution in [0.2, 0.25) is 0 Å². The zero-order valence-corrected chi connectivity index (χ0v) is 18.9. The van der Waals surface area contributed by atoms with Gasteiger partial charge < -0.3 is 4.74 Å². The summed E-state index contributed by atoms with van der Waals surface area (Å²) >= 11 is 0. The highest BCUT2D eigenvalue weighted by molar-refractivity contribution is 5.93. The Morgan fingerprint density at radius 1 is 1.21 bits per heavy atom. The number of rotatable bonds is 8. The molecule has 1 aliphatic carbocycles. The molecule has 0 radical (unpaired) electrons. The number of ether oxygens (including phenoxy) is 1. The molecule has 3 heterocycles. The van der Waals surface area contributed by atoms with Gasteiger partial charge in [-0.05, 0) is 73.7 Å². The molecule has 0 aliphatic heterocycles. The van der Waals surface area contributed by atoms with Gasteiger partial charge >= 0.3 is 0 Å². The van der Waals surface area contributed by atoms with Crippen molar-refractivity contribution < 1.29 is 9.53 Å². The van der Waals surface area contributed by atoms with Crippen molar-refractivity contribution in [2.75, 3.05) is 5.32 Å². The van der Waals surface area contributed by atoms with E-state index in [0.717, 1.165) is 53.8 Å². The maximum atomic E-state index is 12.1. The van der Waals surface area contributed by atoms with Crippen molar-refractivity contribution >= 4 is 17.5 Å². The largest absolute Gasteiger partial charge is 0.484 e. The quantitative estimate of drug-likeness (QED) is 0.405. The topological polar surface area (TPSA) is 81.4 Å². The van der Waals surface area contributed by atoms with Gasteiger partial charge in [0.15, 0.2) is 5.65 Å². The molecule has 4 aromatic rings. The molecule has 3 aromatic heterocycles. The summed E-state index contributed by atoms with van der Waals surface area (Å²) < 4.78 is 8.01. The van der Waals surface area contributed by atoms with Crippen LogP contribution in [0.3, 0.4) is 0 Å². The van der Waals surface area contributed by atoms with Crippen molar-refractivity contribution in [3.05, 3.63) is 72.2 Å². The normalized spacial score (nSPS) is 14.2. The fraction of sp³-hybridized carbons (Fsp3) is 0.308. The van der Waals surface area contributed by atoms with Crippen LogP contribution >= 0.6 is 0 Å². The smallest absolute Gasteiger partial charge is 0.249 e. The van der Waals surface area contributed by atoms with Crippen LogP contribution < -0.4 is 10.1 Å². The number of hydrogen-bond acceptors (Lipinski definition) is 5. The Hall–Kier alpha value is -3.74. The maximum absolute atomic E-state index is 12.1. The number of aromatic nitrogens is 4. The predicted molar refractivity (Wildman–Crippen MR) is 127 cm³/mol. The molecule has 1 N–H and O–H groups in total. The van der Waals surface area contributed by atoms with E-state index in [-0.39, 0.29) is 17.9 Å². The van der Waals surface area contributed by atoms with Crippen LogP contribution in [0.15, 0.2) is 60.9 Å². The first-order valence-corrected chi connectivity index (χ1v) is 11.5. The minimum absolute atomic E-state index is 0.00113. The Bertz CT molecular complexity index is 1280. The maximum Gasteiger partial charge on any atom is 0.249 e. The summed E-state index contributed by atoms with van der Waals surface area (Å²) in [6, 6.07) is 16.1. The van der Waals surface area contributed by atoms with Gasteiger partial charge in [-0.3, -0.25) is 15.1 Å². The van der Waals surface area contributed by atoms with E-state index in [2.05, 4.69) is 33.4 Å². The van der Waals surface area contributed by atoms with Gasteiger partial charge in [0.05, 0.1) is 5.69 Å². The van der Waals surface area contributed by atoms with Crippen molar-refractivity contribution in [1.29, 1.82) is 0 Å². The molecular weight excluding hydrogens is 414 g/mol. The summed E-state index contributed by atoms with van der Waals surface area (Å²) in [7, 11) is 0. The third-order valence-corrected chi connectivity index (χ3v) is 5.84. The fourth-order valence-electron chi connectivity index (χ4n) is 3.94. The number of nitrogens with one attached hydrogen (secondary N) is 1. The van der Waals surface area contributed by atoms with E-state index < -0.39 is 0 Å². The number of fused-ring (bicyclic) bond motifs is 1. The SMILES string of the molecule is CCCc1cc(-c2cccn3nc(NC(=O)C4CC4)nc23)ccc1OC(C)c1ccccn1. The molecule has 0 saturated heterocycles. The van der Waals surface area contributed by atoms with Gasteiger partial charge in [-0.1, -0.05) is 25.5 Å². The molecule has 1 atom stereocenters. The molecule has 1 saturated carbocycles. The highest BCUT2D eigenvalue weighted by Gasteiger charge is 2.30. The molecule has 7 nitrogen and oxygen atoms in total. The summed E-state index contributed by atoms with van der Waals surface area (Å²) in [4.78, 5) is 21.2. The van der Waals surface area contributed by atoms with E-state index in [1.54, 1.807) is 10.7 Å². The average Bonchev–Trinajstić information content (AvgIpc) is 3.60. The third kappa shape index (κ3) is 4.58. The second-order valence-electron chi connectivity index (χ2n) is 8.48. The van der Waals surface area contributed by atoms with E-state index in [9.17, 15) is 4.79 Å². The second kappa shape index (κ2) is 9.02. The molecule has 0 bridgehead atoms. The van der Waals surface area contributed by atoms with Gasteiger partial charge in [0.1, 0.15) is 11.9 Å². The van der Waals surface area contributed by atoms with Gasteiger partial charge in [0.2, 0.25) is 11.9 Å². The van der Waals surface area contributed by atoms with Gasteiger partial charge in [0, 0.05) is 23.9 Å². The molecule has 0 spiro atoms. The first-order valence-electron chi connectivity index (χ1n) is 11.5. The summed E-state index contributed by atoms with van der Waals surface area (Å²) in [5.74, 6) is 1.32. The van der Waals surface area contributed by atoms with Crippen molar-refractivity contribution in [2.45, 2.75) is 45.6 Å². The number of carbonyl (C=O) groups excluding carboxylic acids is 1. The number of nitrogens with zero attached hydrogens (tertiary/aromatic N) is 4. The number of carbonyl (C=O) groups is 1. The standard InChI is InChI=1S/C26H27N5O2/c1-3-7-20-16-19(12-13-23(20)33-17(2)22-9-4-5-14-27-22)21-8-6-15-31-24(21)28-26(30-31)29-25(32)18-10-11-18/h4-6,8-9,12-18H,3,7,10-11H2,1-2H3,(H,29,30,32). The molecule has 1 amide bonds. The summed E-state index contributed by atoms with van der Waals surface area (Å²) in [5, 5.41) is 7.28. The molecule has 1 aliphatic rings.